The van der Waals surface area contributed by atoms with Gasteiger partial charge in [-0.1, -0.05) is 42.5 Å². The van der Waals surface area contributed by atoms with Gasteiger partial charge in [-0.3, -0.25) is 28.8 Å². The van der Waals surface area contributed by atoms with Crippen molar-refractivity contribution in [2.75, 3.05) is 18.8 Å². The molecular formula is C29H39N9O8S. The van der Waals surface area contributed by atoms with Gasteiger partial charge in [0, 0.05) is 5.75 Å². The summed E-state index contributed by atoms with van der Waals surface area (Å²) in [7, 11) is 0. The molecule has 18 heteroatoms. The van der Waals surface area contributed by atoms with Crippen LogP contribution in [-0.4, -0.2) is 112 Å². The number of fused-ring (bicyclic) bond motifs is 1. The van der Waals surface area contributed by atoms with Gasteiger partial charge in [0.15, 0.2) is 5.96 Å². The Morgan fingerprint density at radius 2 is 1.79 bits per heavy atom. The van der Waals surface area contributed by atoms with Crippen LogP contribution in [0.25, 0.3) is 0 Å². The number of benzene rings is 1. The van der Waals surface area contributed by atoms with Crippen molar-refractivity contribution in [3.05, 3.63) is 48.0 Å². The second-order valence-electron chi connectivity index (χ2n) is 10.8. The van der Waals surface area contributed by atoms with Gasteiger partial charge in [-0.05, 0) is 24.8 Å². The zero-order valence-electron chi connectivity index (χ0n) is 25.4. The number of hydrogen-bond acceptors (Lipinski definition) is 10. The lowest BCUT2D eigenvalue weighted by molar-refractivity contribution is -0.143. The smallest absolute Gasteiger partial charge is 0.305 e. The number of rotatable bonds is 16. The van der Waals surface area contributed by atoms with E-state index in [9.17, 15) is 38.7 Å². The van der Waals surface area contributed by atoms with E-state index >= 15 is 0 Å². The van der Waals surface area contributed by atoms with Crippen molar-refractivity contribution < 1.29 is 38.7 Å². The Labute approximate surface area is 274 Å². The number of guanidine groups is 1. The standard InChI is InChI=1S/C29H39N9O8S/c30-18-8-9-23-38(28(18)46)21(15-47-23)27(45)37-19(7-4-10-33-29(31)32)25(43)34-13-22(40)36-20(12-24(41)42)26(44)35-17(14-39)11-16-5-2-1-3-6-16/h1-7,14,17-21,23H,8-13,15,30H2,(H,34,43)(H,35,44)(H,36,40)(H,37,45)(H,41,42)(H4,31,32,33). The third-order valence-corrected chi connectivity index (χ3v) is 8.58. The molecule has 11 N–H and O–H groups in total. The van der Waals surface area contributed by atoms with Crippen LogP contribution in [0.1, 0.15) is 24.8 Å². The highest BCUT2D eigenvalue weighted by atomic mass is 32.2. The van der Waals surface area contributed by atoms with Gasteiger partial charge in [0.25, 0.3) is 0 Å². The van der Waals surface area contributed by atoms with Gasteiger partial charge in [-0.15, -0.1) is 11.8 Å². The summed E-state index contributed by atoms with van der Waals surface area (Å²) in [5.74, 6) is -4.92. The van der Waals surface area contributed by atoms with Gasteiger partial charge in [0.2, 0.25) is 29.5 Å². The summed E-state index contributed by atoms with van der Waals surface area (Å²) in [5.41, 5.74) is 17.3. The maximum Gasteiger partial charge on any atom is 0.305 e. The maximum atomic E-state index is 13.3. The molecule has 2 fully saturated rings. The van der Waals surface area contributed by atoms with Crippen molar-refractivity contribution in [3.63, 3.8) is 0 Å². The number of piperidine rings is 1. The molecule has 47 heavy (non-hydrogen) atoms. The molecule has 2 aliphatic rings. The first-order valence-corrected chi connectivity index (χ1v) is 15.7. The minimum atomic E-state index is -1.56. The number of thioether (sulfide) groups is 1. The minimum absolute atomic E-state index is 0.0265. The molecular weight excluding hydrogens is 634 g/mol. The number of carboxylic acid groups (broad SMARTS) is 1. The molecule has 0 aromatic heterocycles. The number of carbonyl (C=O) groups is 7. The number of carbonyl (C=O) groups excluding carboxylic acids is 6. The molecule has 2 heterocycles. The molecule has 3 rings (SSSR count). The van der Waals surface area contributed by atoms with Gasteiger partial charge in [-0.25, -0.2) is 4.99 Å². The van der Waals surface area contributed by atoms with E-state index in [-0.39, 0.29) is 30.2 Å². The summed E-state index contributed by atoms with van der Waals surface area (Å²) in [6, 6.07) is 3.31. The Hall–Kier alpha value is -4.97. The van der Waals surface area contributed by atoms with Gasteiger partial charge in [0.1, 0.15) is 24.4 Å². The molecule has 5 amide bonds. The molecule has 1 aromatic carbocycles. The van der Waals surface area contributed by atoms with E-state index < -0.39 is 72.8 Å². The van der Waals surface area contributed by atoms with Crippen molar-refractivity contribution in [1.29, 1.82) is 0 Å². The van der Waals surface area contributed by atoms with Crippen LogP contribution in [0.2, 0.25) is 0 Å². The number of aliphatic imine (C=N–C) groups is 1. The molecule has 254 valence electrons. The monoisotopic (exact) mass is 673 g/mol. The highest BCUT2D eigenvalue weighted by Gasteiger charge is 2.46. The first kappa shape index (κ1) is 36.5. The summed E-state index contributed by atoms with van der Waals surface area (Å²) in [4.78, 5) is 92.9. The Morgan fingerprint density at radius 1 is 1.06 bits per heavy atom. The fraction of sp³-hybridized carbons (Fsp3) is 0.448. The average Bonchev–Trinajstić information content (AvgIpc) is 3.47. The van der Waals surface area contributed by atoms with Gasteiger partial charge in [-0.2, -0.15) is 0 Å². The van der Waals surface area contributed by atoms with Crippen molar-refractivity contribution >= 4 is 59.5 Å². The Bertz CT molecular complexity index is 1390. The lowest BCUT2D eigenvalue weighted by Crippen LogP contribution is -2.59. The van der Waals surface area contributed by atoms with E-state index in [0.717, 1.165) is 5.56 Å². The number of amides is 5. The molecule has 0 aliphatic carbocycles. The van der Waals surface area contributed by atoms with E-state index in [0.29, 0.717) is 24.9 Å². The fourth-order valence-corrected chi connectivity index (χ4v) is 6.35. The molecule has 6 atom stereocenters. The molecule has 0 saturated carbocycles. The zero-order chi connectivity index (χ0) is 34.5. The highest BCUT2D eigenvalue weighted by Crippen LogP contribution is 2.36. The number of aldehydes is 1. The molecule has 0 radical (unpaired) electrons. The largest absolute Gasteiger partial charge is 0.481 e. The first-order chi connectivity index (χ1) is 22.4. The zero-order valence-corrected chi connectivity index (χ0v) is 26.2. The fourth-order valence-electron chi connectivity index (χ4n) is 4.92. The second kappa shape index (κ2) is 17.7. The SMILES string of the molecule is NC(N)=NCC=CC(NC(=O)C1CSC2CCC(N)C(=O)N21)C(=O)NCC(=O)NC(CC(=O)O)C(=O)NC(C=O)Cc1ccccc1. The predicted molar refractivity (Wildman–Crippen MR) is 171 cm³/mol. The van der Waals surface area contributed by atoms with Crippen LogP contribution in [0.15, 0.2) is 47.5 Å². The maximum absolute atomic E-state index is 13.3. The first-order valence-electron chi connectivity index (χ1n) is 14.7. The van der Waals surface area contributed by atoms with Gasteiger partial charge >= 0.3 is 5.97 Å². The number of hydrogen-bond donors (Lipinski definition) is 8. The van der Waals surface area contributed by atoms with Crippen molar-refractivity contribution in [1.82, 2.24) is 26.2 Å². The van der Waals surface area contributed by atoms with Gasteiger partial charge < -0.3 is 53.3 Å². The van der Waals surface area contributed by atoms with E-state index in [1.807, 2.05) is 0 Å². The van der Waals surface area contributed by atoms with E-state index in [2.05, 4.69) is 26.3 Å². The molecule has 17 nitrogen and oxygen atoms in total. The number of carboxylic acids is 1. The van der Waals surface area contributed by atoms with Crippen molar-refractivity contribution in [3.8, 4) is 0 Å². The Kier molecular flexibility index (Phi) is 13.7. The lowest BCUT2D eigenvalue weighted by atomic mass is 10.0. The number of aliphatic carboxylic acids is 1. The summed E-state index contributed by atoms with van der Waals surface area (Å²) < 4.78 is 0. The molecule has 2 saturated heterocycles. The third-order valence-electron chi connectivity index (χ3n) is 7.22. The van der Waals surface area contributed by atoms with Gasteiger partial charge in [0.05, 0.1) is 37.0 Å². The number of nitrogens with two attached hydrogens (primary N) is 3. The molecule has 0 spiro atoms. The minimum Gasteiger partial charge on any atom is -0.481 e. The summed E-state index contributed by atoms with van der Waals surface area (Å²) in [5, 5.41) is 18.7. The predicted octanol–water partition coefficient (Wildman–Crippen LogP) is -3.31. The van der Waals surface area contributed by atoms with E-state index in [1.54, 1.807) is 30.3 Å². The average molecular weight is 674 g/mol. The molecule has 0 bridgehead atoms. The summed E-state index contributed by atoms with van der Waals surface area (Å²) in [6.45, 7) is -0.723. The lowest BCUT2D eigenvalue weighted by Gasteiger charge is -2.35. The molecule has 2 aliphatic heterocycles. The third kappa shape index (κ3) is 11.1. The molecule has 1 aromatic rings. The van der Waals surface area contributed by atoms with Crippen LogP contribution in [0.4, 0.5) is 0 Å². The van der Waals surface area contributed by atoms with E-state index in [1.165, 1.54) is 28.8 Å². The van der Waals surface area contributed by atoms with Crippen molar-refractivity contribution in [2.24, 2.45) is 22.2 Å². The molecule has 6 unspecified atom stereocenters. The van der Waals surface area contributed by atoms with Crippen LogP contribution in [-0.2, 0) is 40.0 Å². The number of nitrogens with zero attached hydrogens (tertiary/aromatic N) is 2. The van der Waals surface area contributed by atoms with Crippen LogP contribution in [0.5, 0.6) is 0 Å². The topological polar surface area (TPSA) is 281 Å². The second-order valence-corrected chi connectivity index (χ2v) is 12.0. The normalized spacial score (nSPS) is 20.7. The Balaban J connectivity index is 1.63. The van der Waals surface area contributed by atoms with Crippen molar-refractivity contribution in [2.45, 2.75) is 61.3 Å². The summed E-state index contributed by atoms with van der Waals surface area (Å²) >= 11 is 1.44. The Morgan fingerprint density at radius 3 is 2.45 bits per heavy atom. The highest BCUT2D eigenvalue weighted by molar-refractivity contribution is 8.00. The summed E-state index contributed by atoms with van der Waals surface area (Å²) in [6.07, 6.45) is 3.68. The van der Waals surface area contributed by atoms with Crippen LogP contribution in [0.3, 0.4) is 0 Å². The van der Waals surface area contributed by atoms with Crippen LogP contribution < -0.4 is 38.5 Å². The van der Waals surface area contributed by atoms with E-state index in [4.69, 9.17) is 17.2 Å². The van der Waals surface area contributed by atoms with Crippen LogP contribution in [0, 0.1) is 0 Å². The number of nitrogens with one attached hydrogen (secondary N) is 4. The quantitative estimate of drug-likeness (QED) is 0.0371. The van der Waals surface area contributed by atoms with Crippen LogP contribution >= 0.6 is 11.8 Å².